The van der Waals surface area contributed by atoms with Crippen molar-refractivity contribution in [2.24, 2.45) is 11.8 Å². The smallest absolute Gasteiger partial charge is 0.246 e. The largest absolute Gasteiger partial charge is 0.342 e. The van der Waals surface area contributed by atoms with E-state index in [1.807, 2.05) is 11.8 Å². The molecule has 3 aliphatic rings. The molecule has 0 radical (unpaired) electrons. The van der Waals surface area contributed by atoms with Gasteiger partial charge in [0.1, 0.15) is 12.1 Å². The van der Waals surface area contributed by atoms with Gasteiger partial charge in [0, 0.05) is 6.04 Å². The average Bonchev–Trinajstić information content (AvgIpc) is 3.07. The lowest BCUT2D eigenvalue weighted by Crippen LogP contribution is -2.65. The van der Waals surface area contributed by atoms with Crippen LogP contribution >= 0.6 is 0 Å². The summed E-state index contributed by atoms with van der Waals surface area (Å²) in [6, 6.07) is -0.344. The Morgan fingerprint density at radius 2 is 1.79 bits per heavy atom. The number of carbonyl (C=O) groups is 2. The third kappa shape index (κ3) is 2.26. The summed E-state index contributed by atoms with van der Waals surface area (Å²) in [5, 5.41) is 2.92. The molecule has 0 bridgehead atoms. The molecule has 1 saturated heterocycles. The Hall–Kier alpha value is -1.06. The minimum atomic E-state index is -0.307. The molecule has 3 unspecified atom stereocenters. The molecule has 0 aromatic rings. The van der Waals surface area contributed by atoms with E-state index in [-0.39, 0.29) is 29.9 Å². The zero-order valence-corrected chi connectivity index (χ0v) is 11.9. The van der Waals surface area contributed by atoms with Crippen LogP contribution in [-0.4, -0.2) is 34.8 Å². The van der Waals surface area contributed by atoms with Crippen molar-refractivity contribution in [3.63, 3.8) is 0 Å². The van der Waals surface area contributed by atoms with E-state index in [0.717, 1.165) is 12.8 Å². The Labute approximate surface area is 114 Å². The summed E-state index contributed by atoms with van der Waals surface area (Å²) in [4.78, 5) is 26.7. The van der Waals surface area contributed by atoms with Crippen molar-refractivity contribution in [1.82, 2.24) is 10.2 Å². The first-order valence-corrected chi connectivity index (χ1v) is 7.72. The van der Waals surface area contributed by atoms with Gasteiger partial charge in [0.25, 0.3) is 0 Å². The van der Waals surface area contributed by atoms with Crippen molar-refractivity contribution in [3.8, 4) is 0 Å². The SMILES string of the molecule is CC1C(=O)NC(C2CC2)C(=O)N1C(C)C1CCCC1. The number of nitrogens with one attached hydrogen (secondary N) is 1. The first-order valence-electron chi connectivity index (χ1n) is 7.72. The van der Waals surface area contributed by atoms with Crippen LogP contribution in [0, 0.1) is 11.8 Å². The lowest BCUT2D eigenvalue weighted by Gasteiger charge is -2.43. The first kappa shape index (κ1) is 12.9. The third-order valence-electron chi connectivity index (χ3n) is 5.23. The van der Waals surface area contributed by atoms with Gasteiger partial charge in [-0.05, 0) is 51.4 Å². The van der Waals surface area contributed by atoms with E-state index in [4.69, 9.17) is 0 Å². The molecular weight excluding hydrogens is 240 g/mol. The number of hydrogen-bond donors (Lipinski definition) is 1. The average molecular weight is 264 g/mol. The van der Waals surface area contributed by atoms with Crippen LogP contribution in [0.3, 0.4) is 0 Å². The molecular formula is C15H24N2O2. The van der Waals surface area contributed by atoms with Crippen molar-refractivity contribution >= 4 is 11.8 Å². The van der Waals surface area contributed by atoms with E-state index in [1.54, 1.807) is 0 Å². The molecule has 2 saturated carbocycles. The normalized spacial score (nSPS) is 34.5. The van der Waals surface area contributed by atoms with E-state index in [0.29, 0.717) is 11.8 Å². The second-order valence-corrected chi connectivity index (χ2v) is 6.53. The van der Waals surface area contributed by atoms with E-state index >= 15 is 0 Å². The molecule has 106 valence electrons. The summed E-state index contributed by atoms with van der Waals surface area (Å²) < 4.78 is 0. The maximum atomic E-state index is 12.7. The maximum Gasteiger partial charge on any atom is 0.246 e. The van der Waals surface area contributed by atoms with E-state index in [1.165, 1.54) is 25.7 Å². The van der Waals surface area contributed by atoms with Crippen molar-refractivity contribution in [2.75, 3.05) is 0 Å². The molecule has 2 amide bonds. The molecule has 3 fully saturated rings. The molecule has 3 rings (SSSR count). The molecule has 0 aromatic heterocycles. The van der Waals surface area contributed by atoms with E-state index in [9.17, 15) is 9.59 Å². The number of carbonyl (C=O) groups excluding carboxylic acids is 2. The Kier molecular flexibility index (Phi) is 3.27. The number of nitrogens with zero attached hydrogens (tertiary/aromatic N) is 1. The first-order chi connectivity index (χ1) is 9.09. The predicted octanol–water partition coefficient (Wildman–Crippen LogP) is 1.69. The number of hydrogen-bond acceptors (Lipinski definition) is 2. The van der Waals surface area contributed by atoms with E-state index in [2.05, 4.69) is 12.2 Å². The quantitative estimate of drug-likeness (QED) is 0.843. The van der Waals surface area contributed by atoms with Gasteiger partial charge in [0.2, 0.25) is 11.8 Å². The van der Waals surface area contributed by atoms with Gasteiger partial charge < -0.3 is 10.2 Å². The van der Waals surface area contributed by atoms with Crippen molar-refractivity contribution < 1.29 is 9.59 Å². The Balaban J connectivity index is 1.79. The van der Waals surface area contributed by atoms with Crippen LogP contribution in [0.25, 0.3) is 0 Å². The van der Waals surface area contributed by atoms with E-state index < -0.39 is 0 Å². The highest BCUT2D eigenvalue weighted by molar-refractivity contribution is 5.97. The minimum Gasteiger partial charge on any atom is -0.342 e. The third-order valence-corrected chi connectivity index (χ3v) is 5.23. The fourth-order valence-electron chi connectivity index (χ4n) is 3.78. The van der Waals surface area contributed by atoms with Gasteiger partial charge in [-0.15, -0.1) is 0 Å². The summed E-state index contributed by atoms with van der Waals surface area (Å²) in [5.74, 6) is 1.16. The molecule has 1 heterocycles. The van der Waals surface area contributed by atoms with Crippen molar-refractivity contribution in [1.29, 1.82) is 0 Å². The molecule has 4 nitrogen and oxygen atoms in total. The lowest BCUT2D eigenvalue weighted by molar-refractivity contribution is -0.152. The Morgan fingerprint density at radius 1 is 1.16 bits per heavy atom. The van der Waals surface area contributed by atoms with Gasteiger partial charge in [-0.1, -0.05) is 12.8 Å². The van der Waals surface area contributed by atoms with Gasteiger partial charge in [0.05, 0.1) is 0 Å². The van der Waals surface area contributed by atoms with Gasteiger partial charge in [0.15, 0.2) is 0 Å². The van der Waals surface area contributed by atoms with Crippen LogP contribution in [0.1, 0.15) is 52.4 Å². The fraction of sp³-hybridized carbons (Fsp3) is 0.867. The molecule has 19 heavy (non-hydrogen) atoms. The van der Waals surface area contributed by atoms with Crippen LogP contribution < -0.4 is 5.32 Å². The Morgan fingerprint density at radius 3 is 2.37 bits per heavy atom. The van der Waals surface area contributed by atoms with Crippen LogP contribution in [0.4, 0.5) is 0 Å². The summed E-state index contributed by atoms with van der Waals surface area (Å²) in [7, 11) is 0. The molecule has 4 heteroatoms. The predicted molar refractivity (Wildman–Crippen MR) is 72.4 cm³/mol. The lowest BCUT2D eigenvalue weighted by atomic mass is 9.93. The minimum absolute atomic E-state index is 0.0290. The molecule has 0 spiro atoms. The number of amides is 2. The zero-order chi connectivity index (χ0) is 13.6. The summed E-state index contributed by atoms with van der Waals surface area (Å²) in [5.41, 5.74) is 0. The van der Waals surface area contributed by atoms with Gasteiger partial charge >= 0.3 is 0 Å². The molecule has 1 aliphatic heterocycles. The molecule has 2 aliphatic carbocycles. The highest BCUT2D eigenvalue weighted by Crippen LogP contribution is 2.37. The van der Waals surface area contributed by atoms with Gasteiger partial charge in [-0.3, -0.25) is 9.59 Å². The number of piperazine rings is 1. The number of rotatable bonds is 3. The molecule has 0 aromatic carbocycles. The summed E-state index contributed by atoms with van der Waals surface area (Å²) in [6.07, 6.45) is 7.10. The zero-order valence-electron chi connectivity index (χ0n) is 11.9. The van der Waals surface area contributed by atoms with Crippen LogP contribution in [0.5, 0.6) is 0 Å². The van der Waals surface area contributed by atoms with Crippen molar-refractivity contribution in [3.05, 3.63) is 0 Å². The standard InChI is InChI=1S/C15H24N2O2/c1-9(11-5-3-4-6-11)17-10(2)14(18)16-13(15(17)19)12-7-8-12/h9-13H,3-8H2,1-2H3,(H,16,18). The molecule has 1 N–H and O–H groups in total. The van der Waals surface area contributed by atoms with Crippen LogP contribution in [-0.2, 0) is 9.59 Å². The summed E-state index contributed by atoms with van der Waals surface area (Å²) >= 11 is 0. The second-order valence-electron chi connectivity index (χ2n) is 6.53. The highest BCUT2D eigenvalue weighted by atomic mass is 16.2. The topological polar surface area (TPSA) is 49.4 Å². The highest BCUT2D eigenvalue weighted by Gasteiger charge is 2.47. The summed E-state index contributed by atoms with van der Waals surface area (Å²) in [6.45, 7) is 3.99. The van der Waals surface area contributed by atoms with Gasteiger partial charge in [-0.25, -0.2) is 0 Å². The fourth-order valence-corrected chi connectivity index (χ4v) is 3.78. The van der Waals surface area contributed by atoms with Gasteiger partial charge in [-0.2, -0.15) is 0 Å². The van der Waals surface area contributed by atoms with Crippen molar-refractivity contribution in [2.45, 2.75) is 70.5 Å². The van der Waals surface area contributed by atoms with Crippen LogP contribution in [0.2, 0.25) is 0 Å². The second kappa shape index (κ2) is 4.80. The maximum absolute atomic E-state index is 12.7. The van der Waals surface area contributed by atoms with Crippen LogP contribution in [0.15, 0.2) is 0 Å². The molecule has 3 atom stereocenters. The monoisotopic (exact) mass is 264 g/mol. The Bertz CT molecular complexity index is 386.